The van der Waals surface area contributed by atoms with Gasteiger partial charge in [0.15, 0.2) is 0 Å². The zero-order chi connectivity index (χ0) is 17.0. The SMILES string of the molecule is CC(C)C(O)C(C)(C)CNC(=O)NC1CCOc2ccccc21. The van der Waals surface area contributed by atoms with Crippen LogP contribution in [0.3, 0.4) is 0 Å². The van der Waals surface area contributed by atoms with Gasteiger partial charge >= 0.3 is 6.03 Å². The van der Waals surface area contributed by atoms with E-state index in [1.807, 2.05) is 52.0 Å². The van der Waals surface area contributed by atoms with Gasteiger partial charge < -0.3 is 20.5 Å². The van der Waals surface area contributed by atoms with Crippen molar-refractivity contribution < 1.29 is 14.6 Å². The first kappa shape index (κ1) is 17.6. The van der Waals surface area contributed by atoms with Gasteiger partial charge in [0.05, 0.1) is 18.8 Å². The minimum absolute atomic E-state index is 0.0434. The van der Waals surface area contributed by atoms with E-state index < -0.39 is 6.10 Å². The van der Waals surface area contributed by atoms with Crippen molar-refractivity contribution in [3.63, 3.8) is 0 Å². The van der Waals surface area contributed by atoms with Gasteiger partial charge in [-0.05, 0) is 12.0 Å². The second kappa shape index (κ2) is 7.21. The molecule has 1 aliphatic heterocycles. The highest BCUT2D eigenvalue weighted by molar-refractivity contribution is 5.74. The fourth-order valence-electron chi connectivity index (χ4n) is 3.02. The highest BCUT2D eigenvalue weighted by Gasteiger charge is 2.31. The number of rotatable bonds is 5. The van der Waals surface area contributed by atoms with Gasteiger partial charge in [-0.25, -0.2) is 4.79 Å². The molecule has 0 radical (unpaired) electrons. The smallest absolute Gasteiger partial charge is 0.315 e. The van der Waals surface area contributed by atoms with E-state index in [1.165, 1.54) is 0 Å². The summed E-state index contributed by atoms with van der Waals surface area (Å²) < 4.78 is 5.60. The van der Waals surface area contributed by atoms with Crippen LogP contribution >= 0.6 is 0 Å². The molecular formula is C18H28N2O3. The Bertz CT molecular complexity index is 543. The molecule has 1 aliphatic rings. The number of para-hydroxylation sites is 1. The number of fused-ring (bicyclic) bond motifs is 1. The second-order valence-corrected chi connectivity index (χ2v) is 7.23. The summed E-state index contributed by atoms with van der Waals surface area (Å²) in [6, 6.07) is 7.52. The van der Waals surface area contributed by atoms with Crippen molar-refractivity contribution in [1.29, 1.82) is 0 Å². The highest BCUT2D eigenvalue weighted by atomic mass is 16.5. The lowest BCUT2D eigenvalue weighted by molar-refractivity contribution is 0.0151. The number of carbonyl (C=O) groups excluding carboxylic acids is 1. The third kappa shape index (κ3) is 4.38. The minimum Gasteiger partial charge on any atom is -0.493 e. The minimum atomic E-state index is -0.466. The maximum atomic E-state index is 12.2. The van der Waals surface area contributed by atoms with Crippen LogP contribution in [0.2, 0.25) is 0 Å². The molecule has 128 valence electrons. The number of benzene rings is 1. The summed E-state index contributed by atoms with van der Waals surface area (Å²) in [6.07, 6.45) is 0.286. The van der Waals surface area contributed by atoms with Gasteiger partial charge in [-0.15, -0.1) is 0 Å². The molecule has 2 unspecified atom stereocenters. The van der Waals surface area contributed by atoms with Crippen molar-refractivity contribution in [1.82, 2.24) is 10.6 Å². The number of nitrogens with one attached hydrogen (secondary N) is 2. The number of amides is 2. The molecule has 1 heterocycles. The average Bonchev–Trinajstić information content (AvgIpc) is 2.52. The maximum Gasteiger partial charge on any atom is 0.315 e. The van der Waals surface area contributed by atoms with Gasteiger partial charge in [0.1, 0.15) is 5.75 Å². The van der Waals surface area contributed by atoms with Crippen LogP contribution in [0.5, 0.6) is 5.75 Å². The number of aliphatic hydroxyl groups is 1. The molecule has 5 heteroatoms. The van der Waals surface area contributed by atoms with Crippen molar-refractivity contribution in [3.8, 4) is 5.75 Å². The molecule has 5 nitrogen and oxygen atoms in total. The largest absolute Gasteiger partial charge is 0.493 e. The molecule has 2 amide bonds. The second-order valence-electron chi connectivity index (χ2n) is 7.23. The van der Waals surface area contributed by atoms with E-state index in [0.717, 1.165) is 17.7 Å². The van der Waals surface area contributed by atoms with Crippen LogP contribution < -0.4 is 15.4 Å². The zero-order valence-corrected chi connectivity index (χ0v) is 14.4. The van der Waals surface area contributed by atoms with Gasteiger partial charge in [0.25, 0.3) is 0 Å². The summed E-state index contributed by atoms with van der Waals surface area (Å²) >= 11 is 0. The first-order chi connectivity index (χ1) is 10.8. The van der Waals surface area contributed by atoms with Crippen molar-refractivity contribution in [3.05, 3.63) is 29.8 Å². The van der Waals surface area contributed by atoms with Gasteiger partial charge in [-0.2, -0.15) is 0 Å². The van der Waals surface area contributed by atoms with E-state index in [1.54, 1.807) is 0 Å². The summed E-state index contributed by atoms with van der Waals surface area (Å²) in [5, 5.41) is 16.1. The number of urea groups is 1. The van der Waals surface area contributed by atoms with Crippen LogP contribution in [0, 0.1) is 11.3 Å². The summed E-state index contributed by atoms with van der Waals surface area (Å²) in [6.45, 7) is 8.89. The molecular weight excluding hydrogens is 292 g/mol. The van der Waals surface area contributed by atoms with E-state index in [-0.39, 0.29) is 23.4 Å². The Hall–Kier alpha value is -1.75. The first-order valence-electron chi connectivity index (χ1n) is 8.25. The van der Waals surface area contributed by atoms with Gasteiger partial charge in [0.2, 0.25) is 0 Å². The number of carbonyl (C=O) groups is 1. The molecule has 2 rings (SSSR count). The fourth-order valence-corrected chi connectivity index (χ4v) is 3.02. The molecule has 0 spiro atoms. The Kier molecular flexibility index (Phi) is 5.52. The lowest BCUT2D eigenvalue weighted by Gasteiger charge is -2.33. The zero-order valence-electron chi connectivity index (χ0n) is 14.4. The topological polar surface area (TPSA) is 70.6 Å². The third-order valence-electron chi connectivity index (χ3n) is 4.40. The predicted octanol–water partition coefficient (Wildman–Crippen LogP) is 2.85. The average molecular weight is 320 g/mol. The molecule has 0 saturated carbocycles. The normalized spacial score (nSPS) is 18.8. The van der Waals surface area contributed by atoms with Crippen molar-refractivity contribution in [2.75, 3.05) is 13.2 Å². The summed E-state index contributed by atoms with van der Waals surface area (Å²) in [7, 11) is 0. The van der Waals surface area contributed by atoms with Crippen LogP contribution in [0.15, 0.2) is 24.3 Å². The van der Waals surface area contributed by atoms with E-state index >= 15 is 0 Å². The van der Waals surface area contributed by atoms with E-state index in [4.69, 9.17) is 4.74 Å². The number of aliphatic hydroxyl groups excluding tert-OH is 1. The molecule has 1 aromatic carbocycles. The van der Waals surface area contributed by atoms with E-state index in [2.05, 4.69) is 10.6 Å². The van der Waals surface area contributed by atoms with Gasteiger partial charge in [-0.3, -0.25) is 0 Å². The van der Waals surface area contributed by atoms with Crippen molar-refractivity contribution in [2.45, 2.75) is 46.3 Å². The Morgan fingerprint density at radius 1 is 1.39 bits per heavy atom. The van der Waals surface area contributed by atoms with Crippen LogP contribution in [-0.2, 0) is 0 Å². The van der Waals surface area contributed by atoms with E-state index in [0.29, 0.717) is 13.2 Å². The molecule has 23 heavy (non-hydrogen) atoms. The molecule has 0 fully saturated rings. The van der Waals surface area contributed by atoms with Gasteiger partial charge in [-0.1, -0.05) is 45.9 Å². The highest BCUT2D eigenvalue weighted by Crippen LogP contribution is 2.31. The van der Waals surface area contributed by atoms with Crippen LogP contribution in [0.25, 0.3) is 0 Å². The van der Waals surface area contributed by atoms with E-state index in [9.17, 15) is 9.90 Å². The predicted molar refractivity (Wildman–Crippen MR) is 90.5 cm³/mol. The van der Waals surface area contributed by atoms with Gasteiger partial charge in [0, 0.05) is 23.9 Å². The maximum absolute atomic E-state index is 12.2. The summed E-state index contributed by atoms with van der Waals surface area (Å²) in [5.41, 5.74) is 0.634. The standard InChI is InChI=1S/C18H28N2O3/c1-12(2)16(21)18(3,4)11-19-17(22)20-14-9-10-23-15-8-6-5-7-13(14)15/h5-8,12,14,16,21H,9-11H2,1-4H3,(H2,19,20,22). The molecule has 2 atom stereocenters. The lowest BCUT2D eigenvalue weighted by Crippen LogP contribution is -2.47. The molecule has 1 aromatic rings. The quantitative estimate of drug-likeness (QED) is 0.781. The summed E-state index contributed by atoms with van der Waals surface area (Å²) in [5.74, 6) is 0.983. The molecule has 0 aliphatic carbocycles. The number of hydrogen-bond donors (Lipinski definition) is 3. The lowest BCUT2D eigenvalue weighted by atomic mass is 9.81. The third-order valence-corrected chi connectivity index (χ3v) is 4.40. The Morgan fingerprint density at radius 3 is 2.78 bits per heavy atom. The van der Waals surface area contributed by atoms with Crippen molar-refractivity contribution in [2.24, 2.45) is 11.3 Å². The fraction of sp³-hybridized carbons (Fsp3) is 0.611. The molecule has 0 bridgehead atoms. The summed E-state index contributed by atoms with van der Waals surface area (Å²) in [4.78, 5) is 12.2. The monoisotopic (exact) mass is 320 g/mol. The Labute approximate surface area is 138 Å². The van der Waals surface area contributed by atoms with Crippen LogP contribution in [0.4, 0.5) is 4.79 Å². The Balaban J connectivity index is 1.91. The Morgan fingerprint density at radius 2 is 2.09 bits per heavy atom. The first-order valence-corrected chi connectivity index (χ1v) is 8.25. The number of ether oxygens (including phenoxy) is 1. The molecule has 0 aromatic heterocycles. The molecule has 0 saturated heterocycles. The van der Waals surface area contributed by atoms with Crippen LogP contribution in [-0.4, -0.2) is 30.4 Å². The number of hydrogen-bond acceptors (Lipinski definition) is 3. The van der Waals surface area contributed by atoms with Crippen LogP contribution in [0.1, 0.15) is 45.7 Å². The molecule has 3 N–H and O–H groups in total. The van der Waals surface area contributed by atoms with Crippen molar-refractivity contribution >= 4 is 6.03 Å².